The Labute approximate surface area is 113 Å². The molecule has 0 unspecified atom stereocenters. The van der Waals surface area contributed by atoms with Crippen LogP contribution in [0.15, 0.2) is 42.6 Å². The van der Waals surface area contributed by atoms with Crippen LogP contribution in [0.2, 0.25) is 0 Å². The van der Waals surface area contributed by atoms with Crippen LogP contribution in [0, 0.1) is 15.9 Å². The smallest absolute Gasteiger partial charge is 0.296 e. The molecular formula is C13H10FN3O3. The third-order valence-corrected chi connectivity index (χ3v) is 2.69. The second-order valence-electron chi connectivity index (χ2n) is 3.98. The van der Waals surface area contributed by atoms with Crippen molar-refractivity contribution in [3.63, 3.8) is 0 Å². The normalized spacial score (nSPS) is 10.1. The van der Waals surface area contributed by atoms with Gasteiger partial charge >= 0.3 is 5.69 Å². The third kappa shape index (κ3) is 2.61. The molecule has 0 N–H and O–H groups in total. The van der Waals surface area contributed by atoms with E-state index < -0.39 is 22.3 Å². The molecule has 6 nitrogen and oxygen atoms in total. The van der Waals surface area contributed by atoms with Gasteiger partial charge < -0.3 is 0 Å². The first-order valence-corrected chi connectivity index (χ1v) is 5.63. The highest BCUT2D eigenvalue weighted by Gasteiger charge is 2.20. The van der Waals surface area contributed by atoms with Crippen molar-refractivity contribution in [3.05, 3.63) is 64.1 Å². The van der Waals surface area contributed by atoms with E-state index in [1.165, 1.54) is 24.2 Å². The van der Waals surface area contributed by atoms with Crippen molar-refractivity contribution in [3.8, 4) is 0 Å². The van der Waals surface area contributed by atoms with Crippen LogP contribution in [0.4, 0.5) is 15.9 Å². The van der Waals surface area contributed by atoms with E-state index >= 15 is 0 Å². The lowest BCUT2D eigenvalue weighted by Crippen LogP contribution is -2.27. The van der Waals surface area contributed by atoms with E-state index in [1.54, 1.807) is 18.2 Å². The van der Waals surface area contributed by atoms with Gasteiger partial charge in [0.15, 0.2) is 0 Å². The number of hydrogen-bond acceptors (Lipinski definition) is 4. The molecule has 0 aliphatic carbocycles. The van der Waals surface area contributed by atoms with Gasteiger partial charge in [-0.3, -0.25) is 19.8 Å². The number of nitro groups is 1. The van der Waals surface area contributed by atoms with Gasteiger partial charge in [0.25, 0.3) is 5.91 Å². The lowest BCUT2D eigenvalue weighted by molar-refractivity contribution is -0.387. The van der Waals surface area contributed by atoms with Gasteiger partial charge in [-0.05, 0) is 24.3 Å². The molecule has 0 saturated carbocycles. The fraction of sp³-hybridized carbons (Fsp3) is 0.0769. The third-order valence-electron chi connectivity index (χ3n) is 2.69. The number of carbonyl (C=O) groups is 1. The van der Waals surface area contributed by atoms with Gasteiger partial charge in [-0.1, -0.05) is 6.07 Å². The maximum absolute atomic E-state index is 13.2. The molecule has 1 amide bonds. The highest BCUT2D eigenvalue weighted by molar-refractivity contribution is 6.05. The van der Waals surface area contributed by atoms with Crippen molar-refractivity contribution in [2.75, 3.05) is 11.9 Å². The average molecular weight is 275 g/mol. The van der Waals surface area contributed by atoms with Gasteiger partial charge in [-0.25, -0.2) is 4.98 Å². The molecule has 2 aromatic rings. The highest BCUT2D eigenvalue weighted by Crippen LogP contribution is 2.20. The van der Waals surface area contributed by atoms with Crippen LogP contribution >= 0.6 is 0 Å². The molecule has 0 bridgehead atoms. The quantitative estimate of drug-likeness (QED) is 0.636. The molecule has 1 aromatic heterocycles. The molecule has 0 radical (unpaired) electrons. The topological polar surface area (TPSA) is 76.3 Å². The largest absolute Gasteiger partial charge is 0.305 e. The van der Waals surface area contributed by atoms with Crippen molar-refractivity contribution in [2.24, 2.45) is 0 Å². The van der Waals surface area contributed by atoms with E-state index in [4.69, 9.17) is 0 Å². The molecule has 0 spiro atoms. The van der Waals surface area contributed by atoms with Crippen molar-refractivity contribution < 1.29 is 14.1 Å². The molecule has 20 heavy (non-hydrogen) atoms. The Kier molecular flexibility index (Phi) is 3.69. The summed E-state index contributed by atoms with van der Waals surface area (Å²) < 4.78 is 13.2. The number of pyridine rings is 1. The Morgan fingerprint density at radius 3 is 2.70 bits per heavy atom. The van der Waals surface area contributed by atoms with Crippen molar-refractivity contribution in [2.45, 2.75) is 0 Å². The van der Waals surface area contributed by atoms with E-state index in [0.717, 1.165) is 12.1 Å². The maximum Gasteiger partial charge on any atom is 0.305 e. The predicted molar refractivity (Wildman–Crippen MR) is 70.0 cm³/mol. The lowest BCUT2D eigenvalue weighted by atomic mass is 10.1. The number of amides is 1. The minimum atomic E-state index is -0.980. The maximum atomic E-state index is 13.2. The summed E-state index contributed by atoms with van der Waals surface area (Å²) in [5.41, 5.74) is -0.712. The lowest BCUT2D eigenvalue weighted by Gasteiger charge is -2.15. The molecule has 7 heteroatoms. The Morgan fingerprint density at radius 1 is 1.35 bits per heavy atom. The zero-order valence-corrected chi connectivity index (χ0v) is 10.5. The molecule has 1 aromatic carbocycles. The highest BCUT2D eigenvalue weighted by atomic mass is 19.1. The van der Waals surface area contributed by atoms with Crippen LogP contribution in [0.3, 0.4) is 0 Å². The van der Waals surface area contributed by atoms with Crippen LogP contribution in [-0.2, 0) is 0 Å². The Balaban J connectivity index is 2.34. The summed E-state index contributed by atoms with van der Waals surface area (Å²) in [6.45, 7) is 0. The fourth-order valence-corrected chi connectivity index (χ4v) is 1.64. The number of halogens is 1. The molecule has 0 fully saturated rings. The van der Waals surface area contributed by atoms with Crippen molar-refractivity contribution in [1.29, 1.82) is 0 Å². The summed E-state index contributed by atoms with van der Waals surface area (Å²) in [7, 11) is 1.49. The van der Waals surface area contributed by atoms with Gasteiger partial charge in [0, 0.05) is 24.9 Å². The fourth-order valence-electron chi connectivity index (χ4n) is 1.64. The van der Waals surface area contributed by atoms with E-state index in [9.17, 15) is 19.3 Å². The van der Waals surface area contributed by atoms with Gasteiger partial charge in [0.1, 0.15) is 5.82 Å². The first-order chi connectivity index (χ1) is 9.50. The summed E-state index contributed by atoms with van der Waals surface area (Å²) >= 11 is 0. The van der Waals surface area contributed by atoms with E-state index in [0.29, 0.717) is 5.82 Å². The van der Waals surface area contributed by atoms with Gasteiger partial charge in [-0.15, -0.1) is 0 Å². The number of nitrogens with zero attached hydrogens (tertiary/aromatic N) is 3. The van der Waals surface area contributed by atoms with Crippen molar-refractivity contribution in [1.82, 2.24) is 4.98 Å². The Morgan fingerprint density at radius 2 is 2.10 bits per heavy atom. The first-order valence-electron chi connectivity index (χ1n) is 5.63. The number of hydrogen-bond donors (Lipinski definition) is 0. The summed E-state index contributed by atoms with van der Waals surface area (Å²) in [6.07, 6.45) is 1.52. The summed E-state index contributed by atoms with van der Waals surface area (Å²) in [6, 6.07) is 8.04. The van der Waals surface area contributed by atoms with E-state index in [-0.39, 0.29) is 5.56 Å². The number of aromatic nitrogens is 1. The monoisotopic (exact) mass is 275 g/mol. The number of carbonyl (C=O) groups excluding carboxylic acids is 1. The minimum Gasteiger partial charge on any atom is -0.296 e. The summed E-state index contributed by atoms with van der Waals surface area (Å²) in [5.74, 6) is -1.09. The number of nitro benzene ring substituents is 1. The van der Waals surface area contributed by atoms with Crippen LogP contribution in [0.5, 0.6) is 0 Å². The zero-order valence-electron chi connectivity index (χ0n) is 10.5. The van der Waals surface area contributed by atoms with Crippen LogP contribution in [0.1, 0.15) is 10.4 Å². The van der Waals surface area contributed by atoms with Gasteiger partial charge in [0.05, 0.1) is 4.92 Å². The molecule has 0 aliphatic rings. The van der Waals surface area contributed by atoms with Gasteiger partial charge in [0.2, 0.25) is 5.82 Å². The Hall–Kier alpha value is -2.83. The summed E-state index contributed by atoms with van der Waals surface area (Å²) in [4.78, 5) is 27.2. The second kappa shape index (κ2) is 5.43. The number of rotatable bonds is 3. The second-order valence-corrected chi connectivity index (χ2v) is 3.98. The molecule has 0 saturated heterocycles. The van der Waals surface area contributed by atoms with Crippen LogP contribution < -0.4 is 4.90 Å². The molecule has 2 rings (SSSR count). The Bertz CT molecular complexity index is 661. The molecular weight excluding hydrogens is 265 g/mol. The van der Waals surface area contributed by atoms with Crippen LogP contribution in [0.25, 0.3) is 0 Å². The first kappa shape index (κ1) is 13.6. The molecule has 102 valence electrons. The standard InChI is InChI=1S/C13H10FN3O3/c1-16(12-4-2-3-7-15-12)13(18)9-5-6-10(14)11(8-9)17(19)20/h2-8H,1H3. The van der Waals surface area contributed by atoms with E-state index in [1.807, 2.05) is 0 Å². The average Bonchev–Trinajstić information content (AvgIpc) is 2.47. The number of anilines is 1. The van der Waals surface area contributed by atoms with Gasteiger partial charge in [-0.2, -0.15) is 4.39 Å². The molecule has 1 heterocycles. The molecule has 0 atom stereocenters. The van der Waals surface area contributed by atoms with Crippen LogP contribution in [-0.4, -0.2) is 22.9 Å². The minimum absolute atomic E-state index is 0.0197. The predicted octanol–water partition coefficient (Wildman–Crippen LogP) is 2.41. The SMILES string of the molecule is CN(C(=O)c1ccc(F)c([N+](=O)[O-])c1)c1ccccn1. The van der Waals surface area contributed by atoms with E-state index in [2.05, 4.69) is 4.98 Å². The zero-order chi connectivity index (χ0) is 14.7. The summed E-state index contributed by atoms with van der Waals surface area (Å²) in [5, 5.41) is 10.7. The molecule has 0 aliphatic heterocycles. The van der Waals surface area contributed by atoms with Crippen molar-refractivity contribution >= 4 is 17.4 Å². The number of benzene rings is 1.